The highest BCUT2D eigenvalue weighted by Crippen LogP contribution is 2.43. The number of alkyl halides is 1. The number of aryl methyl sites for hydroxylation is 1. The molecule has 1 aliphatic rings. The van der Waals surface area contributed by atoms with Crippen molar-refractivity contribution in [1.82, 2.24) is 0 Å². The lowest BCUT2D eigenvalue weighted by Gasteiger charge is -2.21. The molecule has 3 rings (SSSR count). The summed E-state index contributed by atoms with van der Waals surface area (Å²) in [6.07, 6.45) is 1.67. The molecule has 0 radical (unpaired) electrons. The number of benzene rings is 1. The van der Waals surface area contributed by atoms with Crippen molar-refractivity contribution < 1.29 is 13.9 Å². The van der Waals surface area contributed by atoms with E-state index in [-0.39, 0.29) is 4.83 Å². The van der Waals surface area contributed by atoms with E-state index in [1.807, 2.05) is 19.1 Å². The van der Waals surface area contributed by atoms with Crippen LogP contribution in [0.25, 0.3) is 0 Å². The molecule has 1 aliphatic heterocycles. The summed E-state index contributed by atoms with van der Waals surface area (Å²) >= 11 is 9.99. The maximum atomic E-state index is 6.33. The summed E-state index contributed by atoms with van der Waals surface area (Å²) in [5.74, 6) is 2.30. The molecule has 0 amide bonds. The average Bonchev–Trinajstić information content (AvgIpc) is 2.83. The van der Waals surface area contributed by atoms with Crippen LogP contribution in [-0.4, -0.2) is 13.2 Å². The second-order valence-corrected chi connectivity index (χ2v) is 5.63. The first kappa shape index (κ1) is 12.9. The minimum Gasteiger partial charge on any atom is -0.486 e. The van der Waals surface area contributed by atoms with Crippen LogP contribution in [0.4, 0.5) is 0 Å². The molecule has 0 saturated heterocycles. The minimum absolute atomic E-state index is 0.0328. The summed E-state index contributed by atoms with van der Waals surface area (Å²) in [5.41, 5.74) is 1.99. The molecule has 1 unspecified atom stereocenters. The fraction of sp³-hybridized carbons (Fsp3) is 0.286. The van der Waals surface area contributed by atoms with Crippen molar-refractivity contribution in [2.45, 2.75) is 11.8 Å². The van der Waals surface area contributed by atoms with E-state index >= 15 is 0 Å². The molecular weight excluding hydrogens is 332 g/mol. The quantitative estimate of drug-likeness (QED) is 0.753. The largest absolute Gasteiger partial charge is 0.486 e. The zero-order chi connectivity index (χ0) is 13.4. The summed E-state index contributed by atoms with van der Waals surface area (Å²) in [5, 5.41) is 0.645. The van der Waals surface area contributed by atoms with Gasteiger partial charge in [-0.25, -0.2) is 0 Å². The number of hydrogen-bond acceptors (Lipinski definition) is 3. The van der Waals surface area contributed by atoms with Crippen molar-refractivity contribution >= 4 is 27.5 Å². The molecular formula is C14H12BrClO3. The highest BCUT2D eigenvalue weighted by molar-refractivity contribution is 9.09. The number of ether oxygens (including phenoxy) is 2. The molecule has 0 fully saturated rings. The number of hydrogen-bond donors (Lipinski definition) is 0. The Balaban J connectivity index is 2.03. The fourth-order valence-corrected chi connectivity index (χ4v) is 3.35. The number of fused-ring (bicyclic) bond motifs is 1. The lowest BCUT2D eigenvalue weighted by atomic mass is 10.0. The van der Waals surface area contributed by atoms with E-state index in [1.165, 1.54) is 0 Å². The molecule has 1 atom stereocenters. The molecule has 2 heterocycles. The van der Waals surface area contributed by atoms with Crippen molar-refractivity contribution in [2.24, 2.45) is 0 Å². The fourth-order valence-electron chi connectivity index (χ4n) is 2.10. The Morgan fingerprint density at radius 2 is 1.84 bits per heavy atom. The van der Waals surface area contributed by atoms with Crippen LogP contribution >= 0.6 is 27.5 Å². The van der Waals surface area contributed by atoms with E-state index in [4.69, 9.17) is 25.5 Å². The van der Waals surface area contributed by atoms with Crippen molar-refractivity contribution in [3.63, 3.8) is 0 Å². The first-order valence-electron chi connectivity index (χ1n) is 5.94. The van der Waals surface area contributed by atoms with E-state index in [0.717, 1.165) is 22.6 Å². The van der Waals surface area contributed by atoms with E-state index < -0.39 is 0 Å². The Morgan fingerprint density at radius 1 is 1.16 bits per heavy atom. The van der Waals surface area contributed by atoms with Gasteiger partial charge in [-0.15, -0.1) is 0 Å². The Bertz CT molecular complexity index is 609. The third kappa shape index (κ3) is 2.35. The van der Waals surface area contributed by atoms with Crippen molar-refractivity contribution in [3.05, 3.63) is 46.4 Å². The third-order valence-corrected chi connectivity index (χ3v) is 4.42. The average molecular weight is 344 g/mol. The van der Waals surface area contributed by atoms with Gasteiger partial charge in [-0.3, -0.25) is 0 Å². The van der Waals surface area contributed by atoms with Crippen LogP contribution in [0.1, 0.15) is 21.7 Å². The number of rotatable bonds is 2. The highest BCUT2D eigenvalue weighted by Gasteiger charge is 2.22. The molecule has 0 bridgehead atoms. The molecule has 0 saturated carbocycles. The van der Waals surface area contributed by atoms with E-state index in [2.05, 4.69) is 15.9 Å². The van der Waals surface area contributed by atoms with Crippen LogP contribution in [0.15, 0.2) is 28.9 Å². The Hall–Kier alpha value is -1.13. The molecule has 0 aliphatic carbocycles. The molecule has 0 N–H and O–H groups in total. The van der Waals surface area contributed by atoms with Crippen molar-refractivity contribution in [2.75, 3.05) is 13.2 Å². The van der Waals surface area contributed by atoms with Crippen LogP contribution in [0.2, 0.25) is 5.02 Å². The number of halogens is 2. The van der Waals surface area contributed by atoms with E-state index in [9.17, 15) is 0 Å². The Labute approximate surface area is 124 Å². The normalized spacial score (nSPS) is 15.3. The maximum absolute atomic E-state index is 6.33. The topological polar surface area (TPSA) is 31.6 Å². The van der Waals surface area contributed by atoms with Crippen LogP contribution < -0.4 is 9.47 Å². The minimum atomic E-state index is -0.0328. The molecule has 1 aromatic carbocycles. The first-order chi connectivity index (χ1) is 9.16. The van der Waals surface area contributed by atoms with Gasteiger partial charge in [0.05, 0.1) is 11.1 Å². The smallest absolute Gasteiger partial charge is 0.162 e. The van der Waals surface area contributed by atoms with Crippen molar-refractivity contribution in [3.8, 4) is 11.5 Å². The Kier molecular flexibility index (Phi) is 3.46. The van der Waals surface area contributed by atoms with Gasteiger partial charge in [0.2, 0.25) is 0 Å². The molecule has 0 spiro atoms. The molecule has 5 heteroatoms. The zero-order valence-electron chi connectivity index (χ0n) is 10.3. The number of furan rings is 1. The SMILES string of the molecule is Cc1occc1C(Br)c1cc2c(cc1Cl)OCCO2. The lowest BCUT2D eigenvalue weighted by molar-refractivity contribution is 0.171. The van der Waals surface area contributed by atoms with Gasteiger partial charge in [-0.2, -0.15) is 0 Å². The molecule has 100 valence electrons. The van der Waals surface area contributed by atoms with Gasteiger partial charge < -0.3 is 13.9 Å². The summed E-state index contributed by atoms with van der Waals surface area (Å²) in [4.78, 5) is -0.0328. The van der Waals surface area contributed by atoms with Gasteiger partial charge in [0.15, 0.2) is 11.5 Å². The standard InChI is InChI=1S/C14H12BrClO3/c1-8-9(2-3-17-8)14(15)10-6-12-13(7-11(10)16)19-5-4-18-12/h2-3,6-7,14H,4-5H2,1H3. The maximum Gasteiger partial charge on any atom is 0.162 e. The van der Waals surface area contributed by atoms with Crippen LogP contribution in [0, 0.1) is 6.92 Å². The monoisotopic (exact) mass is 342 g/mol. The molecule has 19 heavy (non-hydrogen) atoms. The summed E-state index contributed by atoms with van der Waals surface area (Å²) in [6.45, 7) is 3.04. The van der Waals surface area contributed by atoms with Crippen molar-refractivity contribution in [1.29, 1.82) is 0 Å². The predicted molar refractivity (Wildman–Crippen MR) is 76.7 cm³/mol. The lowest BCUT2D eigenvalue weighted by Crippen LogP contribution is -2.15. The van der Waals surface area contributed by atoms with Crippen LogP contribution in [0.3, 0.4) is 0 Å². The second-order valence-electron chi connectivity index (χ2n) is 4.31. The van der Waals surface area contributed by atoms with Gasteiger partial charge in [0, 0.05) is 16.7 Å². The van der Waals surface area contributed by atoms with Gasteiger partial charge in [0.1, 0.15) is 19.0 Å². The first-order valence-corrected chi connectivity index (χ1v) is 7.23. The van der Waals surface area contributed by atoms with Gasteiger partial charge >= 0.3 is 0 Å². The highest BCUT2D eigenvalue weighted by atomic mass is 79.9. The summed E-state index contributed by atoms with van der Waals surface area (Å²) in [6, 6.07) is 5.65. The van der Waals surface area contributed by atoms with Crippen LogP contribution in [0.5, 0.6) is 11.5 Å². The predicted octanol–water partition coefficient (Wildman–Crippen LogP) is 4.50. The Morgan fingerprint density at radius 3 is 2.47 bits per heavy atom. The van der Waals surface area contributed by atoms with Gasteiger partial charge in [-0.05, 0) is 24.6 Å². The van der Waals surface area contributed by atoms with Gasteiger partial charge in [-0.1, -0.05) is 27.5 Å². The molecule has 1 aromatic heterocycles. The molecule has 3 nitrogen and oxygen atoms in total. The van der Waals surface area contributed by atoms with E-state index in [0.29, 0.717) is 24.0 Å². The molecule has 2 aromatic rings. The van der Waals surface area contributed by atoms with E-state index in [1.54, 1.807) is 12.3 Å². The summed E-state index contributed by atoms with van der Waals surface area (Å²) < 4.78 is 16.4. The second kappa shape index (κ2) is 5.10. The third-order valence-electron chi connectivity index (χ3n) is 3.11. The zero-order valence-corrected chi connectivity index (χ0v) is 12.6. The summed E-state index contributed by atoms with van der Waals surface area (Å²) in [7, 11) is 0. The van der Waals surface area contributed by atoms with Crippen LogP contribution in [-0.2, 0) is 0 Å². The van der Waals surface area contributed by atoms with Gasteiger partial charge in [0.25, 0.3) is 0 Å².